The van der Waals surface area contributed by atoms with Crippen LogP contribution in [0.3, 0.4) is 0 Å². The summed E-state index contributed by atoms with van der Waals surface area (Å²) in [6, 6.07) is 15.6. The van der Waals surface area contributed by atoms with Crippen LogP contribution in [0, 0.1) is 0 Å². The zero-order chi connectivity index (χ0) is 32.2. The fourth-order valence-electron chi connectivity index (χ4n) is 4.05. The first kappa shape index (κ1) is 41.6. The number of aliphatic hydroxyl groups excluding tert-OH is 1. The molecule has 4 aromatic heterocycles. The van der Waals surface area contributed by atoms with Crippen molar-refractivity contribution >= 4 is 57.4 Å². The number of rotatable bonds is 8. The van der Waals surface area contributed by atoms with Crippen LogP contribution in [-0.4, -0.2) is 37.5 Å². The van der Waals surface area contributed by atoms with Crippen LogP contribution in [0.2, 0.25) is 10.0 Å². The van der Waals surface area contributed by atoms with Crippen LogP contribution in [0.5, 0.6) is 0 Å². The number of carbonyl (C=O) groups excluding carboxylic acids is 2. The van der Waals surface area contributed by atoms with Crippen LogP contribution in [0.1, 0.15) is 42.8 Å². The summed E-state index contributed by atoms with van der Waals surface area (Å²) in [6.07, 6.45) is 7.47. The van der Waals surface area contributed by atoms with Crippen molar-refractivity contribution in [2.24, 2.45) is 0 Å². The third-order valence-electron chi connectivity index (χ3n) is 5.95. The number of hydrogen-bond acceptors (Lipinski definition) is 12. The Bertz CT molecular complexity index is 1910. The molecule has 0 atom stereocenters. The summed E-state index contributed by atoms with van der Waals surface area (Å²) in [6.45, 7) is 1.13. The van der Waals surface area contributed by atoms with Gasteiger partial charge in [0.05, 0.1) is 33.5 Å². The smallest absolute Gasteiger partial charge is 1.00 e. The average Bonchev–Trinajstić information content (AvgIpc) is 3.69. The van der Waals surface area contributed by atoms with E-state index in [0.717, 1.165) is 32.9 Å². The Morgan fingerprint density at radius 2 is 1.30 bits per heavy atom. The van der Waals surface area contributed by atoms with E-state index in [-0.39, 0.29) is 130 Å². The number of hydrogen-bond donors (Lipinski definition) is 1. The molecule has 4 heterocycles. The molecule has 0 fully saturated rings. The number of carbonyl (C=O) groups is 2. The van der Waals surface area contributed by atoms with E-state index in [4.69, 9.17) is 51.9 Å². The van der Waals surface area contributed by atoms with Gasteiger partial charge >= 0.3 is 109 Å². The maximum Gasteiger partial charge on any atom is 1.00 e. The van der Waals surface area contributed by atoms with E-state index in [1.807, 2.05) is 48.5 Å². The van der Waals surface area contributed by atoms with Crippen molar-refractivity contribution in [2.75, 3.05) is 0 Å². The third kappa shape index (κ3) is 13.7. The van der Waals surface area contributed by atoms with Crippen molar-refractivity contribution in [3.8, 4) is 0 Å². The first-order valence-corrected chi connectivity index (χ1v) is 13.9. The molecule has 0 spiro atoms. The predicted octanol–water partition coefficient (Wildman–Crippen LogP) is -0.955. The van der Waals surface area contributed by atoms with Crippen molar-refractivity contribution in [3.63, 3.8) is 0 Å². The second-order valence-corrected chi connectivity index (χ2v) is 10.2. The first-order valence-electron chi connectivity index (χ1n) is 13.2. The van der Waals surface area contributed by atoms with Crippen molar-refractivity contribution in [3.05, 3.63) is 118 Å². The molecule has 2 aromatic carbocycles. The maximum atomic E-state index is 10.8. The number of oxazole rings is 2. The van der Waals surface area contributed by atoms with Crippen LogP contribution < -0.4 is 108 Å². The van der Waals surface area contributed by atoms with Crippen LogP contribution in [0.25, 0.3) is 21.8 Å². The summed E-state index contributed by atoms with van der Waals surface area (Å²) in [5, 5.41) is 20.5. The number of benzene rings is 2. The summed E-state index contributed by atoms with van der Waals surface area (Å²) in [5.74, 6) is 1.79. The normalized spacial score (nSPS) is 9.98. The molecule has 234 valence electrons. The zero-order valence-corrected chi connectivity index (χ0v) is 33.4. The maximum absolute atomic E-state index is 10.8. The fraction of sp³-hybridized carbons (Fsp3) is 0.161. The van der Waals surface area contributed by atoms with Gasteiger partial charge < -0.3 is 30.2 Å². The van der Waals surface area contributed by atoms with Crippen LogP contribution in [-0.2, 0) is 45.3 Å². The Morgan fingerprint density at radius 1 is 0.830 bits per heavy atom. The van der Waals surface area contributed by atoms with Gasteiger partial charge in [-0.2, -0.15) is 0 Å². The number of aromatic nitrogens is 4. The minimum atomic E-state index is -0.350. The number of halogens is 2. The largest absolute Gasteiger partial charge is 1.00 e. The second kappa shape index (κ2) is 21.5. The van der Waals surface area contributed by atoms with Crippen molar-refractivity contribution in [2.45, 2.75) is 33.0 Å². The Hall–Kier alpha value is -1.61. The molecule has 0 bridgehead atoms. The first-order chi connectivity index (χ1) is 21.8. The molecule has 16 heteroatoms. The number of aliphatic hydroxyl groups is 1. The molecular weight excluding hydrogens is 705 g/mol. The van der Waals surface area contributed by atoms with Crippen molar-refractivity contribution in [1.29, 1.82) is 0 Å². The SMILES string of the molecule is CC(=O)OCc1cnc(Cc2ccc3ncc(Cl)cc3c2)o1.O=CO[O-].OCc1cnc(Cc2ccc3ncc(Cl)cc3c2)o1.[H-].[K+].[K+]. The summed E-state index contributed by atoms with van der Waals surface area (Å²) in [7, 11) is 0. The number of pyridine rings is 2. The average molecular weight is 732 g/mol. The van der Waals surface area contributed by atoms with Gasteiger partial charge in [-0.1, -0.05) is 35.3 Å². The van der Waals surface area contributed by atoms with Crippen LogP contribution in [0.4, 0.5) is 0 Å². The minimum absolute atomic E-state index is 0. The topological polar surface area (TPSA) is 174 Å². The number of nitrogens with zero attached hydrogens (tertiary/aromatic N) is 4. The van der Waals surface area contributed by atoms with E-state index in [0.29, 0.717) is 46.2 Å². The van der Waals surface area contributed by atoms with Gasteiger partial charge in [0.15, 0.2) is 24.1 Å². The Kier molecular flexibility index (Phi) is 19.0. The molecule has 12 nitrogen and oxygen atoms in total. The molecular formula is C31H26Cl2K2N4O8. The van der Waals surface area contributed by atoms with Gasteiger partial charge in [-0.3, -0.25) is 19.6 Å². The fourth-order valence-corrected chi connectivity index (χ4v) is 4.38. The molecule has 0 saturated heterocycles. The molecule has 6 rings (SSSR count). The van der Waals surface area contributed by atoms with Gasteiger partial charge in [0, 0.05) is 42.9 Å². The molecule has 47 heavy (non-hydrogen) atoms. The number of ether oxygens (including phenoxy) is 1. The monoisotopic (exact) mass is 730 g/mol. The molecule has 6 aromatic rings. The van der Waals surface area contributed by atoms with E-state index < -0.39 is 0 Å². The molecule has 0 aliphatic heterocycles. The van der Waals surface area contributed by atoms with Crippen LogP contribution in [0.15, 0.2) is 82.2 Å². The van der Waals surface area contributed by atoms with Crippen LogP contribution >= 0.6 is 23.2 Å². The minimum Gasteiger partial charge on any atom is -1.00 e. The van der Waals surface area contributed by atoms with E-state index in [2.05, 4.69) is 24.8 Å². The molecule has 1 N–H and O–H groups in total. The Morgan fingerprint density at radius 3 is 1.72 bits per heavy atom. The molecule has 0 aliphatic rings. The van der Waals surface area contributed by atoms with E-state index in [9.17, 15) is 4.79 Å². The zero-order valence-electron chi connectivity index (χ0n) is 26.7. The Balaban J connectivity index is 0.000000412. The van der Waals surface area contributed by atoms with Gasteiger partial charge in [-0.25, -0.2) is 9.97 Å². The molecule has 0 unspecified atom stereocenters. The van der Waals surface area contributed by atoms with Gasteiger partial charge in [-0.05, 0) is 47.5 Å². The van der Waals surface area contributed by atoms with E-state index >= 15 is 0 Å². The van der Waals surface area contributed by atoms with E-state index in [1.54, 1.807) is 18.6 Å². The van der Waals surface area contributed by atoms with Crippen molar-refractivity contribution in [1.82, 2.24) is 19.9 Å². The summed E-state index contributed by atoms with van der Waals surface area (Å²) in [5.41, 5.74) is 3.88. The Labute approximate surface area is 365 Å². The quantitative estimate of drug-likeness (QED) is 0.0670. The summed E-state index contributed by atoms with van der Waals surface area (Å²) < 4.78 is 15.8. The number of fused-ring (bicyclic) bond motifs is 2. The molecule has 0 aliphatic carbocycles. The molecule has 0 saturated carbocycles. The third-order valence-corrected chi connectivity index (χ3v) is 6.36. The summed E-state index contributed by atoms with van der Waals surface area (Å²) in [4.78, 5) is 38.8. The van der Waals surface area contributed by atoms with Gasteiger partial charge in [-0.15, -0.1) is 0 Å². The predicted molar refractivity (Wildman–Crippen MR) is 162 cm³/mol. The molecule has 0 amide bonds. The van der Waals surface area contributed by atoms with Gasteiger partial charge in [0.25, 0.3) is 6.47 Å². The van der Waals surface area contributed by atoms with Gasteiger partial charge in [0.1, 0.15) is 12.4 Å². The summed E-state index contributed by atoms with van der Waals surface area (Å²) >= 11 is 11.9. The standard InChI is InChI=1S/C16H13ClN2O3.C14H11ClN2O2.CH2O3.2K.H/c1-10(20)21-9-14-8-19-16(22-14)5-11-2-3-15-12(4-11)6-13(17)7-18-15;15-11-5-10-3-9(1-2-13(10)16-6-11)4-14-17-7-12(8-18)19-14;2-1-4-3;;;/h2-4,6-8H,5,9H2,1H3;1-3,5-7,18H,4,8H2;1,3H;;;/q;;;2*+1;-1/p-1. The molecule has 0 radical (unpaired) electrons. The van der Waals surface area contributed by atoms with Gasteiger partial charge in [0.2, 0.25) is 0 Å². The van der Waals surface area contributed by atoms with E-state index in [1.165, 1.54) is 13.1 Å². The number of esters is 1. The second-order valence-electron chi connectivity index (χ2n) is 9.29. The van der Waals surface area contributed by atoms with Crippen molar-refractivity contribution < 1.29 is 143 Å².